The molecule has 0 aliphatic carbocycles. The second-order valence-corrected chi connectivity index (χ2v) is 4.65. The molecule has 0 amide bonds. The Morgan fingerprint density at radius 2 is 1.65 bits per heavy atom. The molecule has 2 rings (SSSR count). The van der Waals surface area contributed by atoms with Gasteiger partial charge in [0.15, 0.2) is 0 Å². The molecule has 0 atom stereocenters. The van der Waals surface area contributed by atoms with Crippen LogP contribution in [0, 0.1) is 0 Å². The SMILES string of the molecule is Nc1cccc(NCc2c(N)ccc(N)c2CCO)c1. The molecule has 0 saturated carbocycles. The van der Waals surface area contributed by atoms with Gasteiger partial charge in [-0.2, -0.15) is 0 Å². The maximum atomic E-state index is 9.15. The topological polar surface area (TPSA) is 110 Å². The molecule has 0 spiro atoms. The Labute approximate surface area is 118 Å². The van der Waals surface area contributed by atoms with Gasteiger partial charge < -0.3 is 27.6 Å². The van der Waals surface area contributed by atoms with Crippen LogP contribution in [0.5, 0.6) is 0 Å². The summed E-state index contributed by atoms with van der Waals surface area (Å²) in [6, 6.07) is 11.1. The van der Waals surface area contributed by atoms with Gasteiger partial charge in [0.25, 0.3) is 0 Å². The third kappa shape index (κ3) is 3.13. The van der Waals surface area contributed by atoms with Gasteiger partial charge in [-0.25, -0.2) is 0 Å². The summed E-state index contributed by atoms with van der Waals surface area (Å²) in [4.78, 5) is 0. The van der Waals surface area contributed by atoms with Gasteiger partial charge in [0.05, 0.1) is 0 Å². The Hall–Kier alpha value is -2.40. The number of aliphatic hydroxyl groups excluding tert-OH is 1. The van der Waals surface area contributed by atoms with E-state index in [-0.39, 0.29) is 6.61 Å². The molecular weight excluding hydrogens is 252 g/mol. The van der Waals surface area contributed by atoms with Crippen molar-refractivity contribution in [1.29, 1.82) is 0 Å². The van der Waals surface area contributed by atoms with Crippen molar-refractivity contribution < 1.29 is 5.11 Å². The first kappa shape index (κ1) is 14.0. The molecule has 5 nitrogen and oxygen atoms in total. The maximum Gasteiger partial charge on any atom is 0.0472 e. The largest absolute Gasteiger partial charge is 0.399 e. The molecule has 0 radical (unpaired) electrons. The average molecular weight is 272 g/mol. The van der Waals surface area contributed by atoms with Crippen molar-refractivity contribution in [3.8, 4) is 0 Å². The van der Waals surface area contributed by atoms with E-state index in [0.29, 0.717) is 30.0 Å². The van der Waals surface area contributed by atoms with Crippen LogP contribution >= 0.6 is 0 Å². The van der Waals surface area contributed by atoms with Crippen LogP contribution in [0.2, 0.25) is 0 Å². The lowest BCUT2D eigenvalue weighted by molar-refractivity contribution is 0.299. The molecular formula is C15H20N4O. The fourth-order valence-corrected chi connectivity index (χ4v) is 2.18. The molecule has 2 aromatic carbocycles. The van der Waals surface area contributed by atoms with E-state index in [4.69, 9.17) is 22.3 Å². The number of benzene rings is 2. The van der Waals surface area contributed by atoms with Crippen molar-refractivity contribution in [2.75, 3.05) is 29.1 Å². The second kappa shape index (κ2) is 6.16. The number of rotatable bonds is 5. The summed E-state index contributed by atoms with van der Waals surface area (Å²) in [7, 11) is 0. The standard InChI is InChI=1S/C15H20N4O/c16-10-2-1-3-11(8-10)19-9-13-12(6-7-20)14(17)4-5-15(13)18/h1-5,8,19-20H,6-7,9,16-18H2. The highest BCUT2D eigenvalue weighted by atomic mass is 16.2. The number of nitrogens with one attached hydrogen (secondary N) is 1. The number of aliphatic hydroxyl groups is 1. The molecule has 0 saturated heterocycles. The monoisotopic (exact) mass is 272 g/mol. The Bertz CT molecular complexity index is 598. The molecule has 20 heavy (non-hydrogen) atoms. The van der Waals surface area contributed by atoms with E-state index in [9.17, 15) is 0 Å². The predicted molar refractivity (Wildman–Crippen MR) is 84.2 cm³/mol. The first-order valence-corrected chi connectivity index (χ1v) is 6.47. The summed E-state index contributed by atoms with van der Waals surface area (Å²) >= 11 is 0. The summed E-state index contributed by atoms with van der Waals surface area (Å²) in [5, 5.41) is 12.4. The zero-order valence-electron chi connectivity index (χ0n) is 11.3. The van der Waals surface area contributed by atoms with Gasteiger partial charge in [0.2, 0.25) is 0 Å². The molecule has 2 aromatic rings. The summed E-state index contributed by atoms with van der Waals surface area (Å²) in [6.45, 7) is 0.578. The third-order valence-electron chi connectivity index (χ3n) is 3.22. The molecule has 106 valence electrons. The van der Waals surface area contributed by atoms with Crippen LogP contribution in [-0.2, 0) is 13.0 Å². The average Bonchev–Trinajstić information content (AvgIpc) is 2.42. The Morgan fingerprint density at radius 1 is 0.950 bits per heavy atom. The molecule has 0 heterocycles. The highest BCUT2D eigenvalue weighted by Gasteiger charge is 2.10. The van der Waals surface area contributed by atoms with Gasteiger partial charge >= 0.3 is 0 Å². The molecule has 0 aromatic heterocycles. The van der Waals surface area contributed by atoms with Gasteiger partial charge in [-0.1, -0.05) is 6.07 Å². The van der Waals surface area contributed by atoms with Crippen molar-refractivity contribution in [1.82, 2.24) is 0 Å². The van der Waals surface area contributed by atoms with Crippen molar-refractivity contribution in [3.05, 3.63) is 47.5 Å². The Kier molecular flexibility index (Phi) is 4.32. The third-order valence-corrected chi connectivity index (χ3v) is 3.22. The highest BCUT2D eigenvalue weighted by Crippen LogP contribution is 2.25. The van der Waals surface area contributed by atoms with E-state index < -0.39 is 0 Å². The molecule has 0 unspecified atom stereocenters. The van der Waals surface area contributed by atoms with Crippen molar-refractivity contribution in [2.24, 2.45) is 0 Å². The normalized spacial score (nSPS) is 10.4. The van der Waals surface area contributed by atoms with Crippen LogP contribution in [0.15, 0.2) is 36.4 Å². The summed E-state index contributed by atoms with van der Waals surface area (Å²) in [5.74, 6) is 0. The molecule has 0 aliphatic rings. The zero-order valence-corrected chi connectivity index (χ0v) is 11.3. The molecule has 8 N–H and O–H groups in total. The highest BCUT2D eigenvalue weighted by molar-refractivity contribution is 5.63. The first-order chi connectivity index (χ1) is 9.61. The number of nitrogens with two attached hydrogens (primary N) is 3. The Balaban J connectivity index is 2.22. The molecule has 5 heteroatoms. The van der Waals surface area contributed by atoms with E-state index in [1.165, 1.54) is 0 Å². The number of nitrogen functional groups attached to an aromatic ring is 3. The predicted octanol–water partition coefficient (Wildman–Crippen LogP) is 1.58. The lowest BCUT2D eigenvalue weighted by Crippen LogP contribution is -2.10. The van der Waals surface area contributed by atoms with E-state index in [0.717, 1.165) is 16.8 Å². The Morgan fingerprint density at radius 3 is 2.30 bits per heavy atom. The maximum absolute atomic E-state index is 9.15. The lowest BCUT2D eigenvalue weighted by Gasteiger charge is -2.16. The summed E-state index contributed by atoms with van der Waals surface area (Å²) in [5.41, 5.74) is 22.5. The molecule has 0 bridgehead atoms. The zero-order chi connectivity index (χ0) is 14.5. The van der Waals surface area contributed by atoms with Crippen molar-refractivity contribution in [3.63, 3.8) is 0 Å². The summed E-state index contributed by atoms with van der Waals surface area (Å²) < 4.78 is 0. The summed E-state index contributed by atoms with van der Waals surface area (Å²) in [6.07, 6.45) is 0.491. The van der Waals surface area contributed by atoms with Gasteiger partial charge in [0, 0.05) is 35.9 Å². The van der Waals surface area contributed by atoms with Crippen LogP contribution in [-0.4, -0.2) is 11.7 Å². The van der Waals surface area contributed by atoms with E-state index in [1.807, 2.05) is 24.3 Å². The first-order valence-electron chi connectivity index (χ1n) is 6.47. The van der Waals surface area contributed by atoms with Gasteiger partial charge in [-0.05, 0) is 47.9 Å². The van der Waals surface area contributed by atoms with Crippen molar-refractivity contribution >= 4 is 22.7 Å². The van der Waals surface area contributed by atoms with Crippen LogP contribution in [0.3, 0.4) is 0 Å². The fraction of sp³-hybridized carbons (Fsp3) is 0.200. The van der Waals surface area contributed by atoms with Gasteiger partial charge in [0.1, 0.15) is 0 Å². The minimum atomic E-state index is 0.0406. The number of hydrogen-bond donors (Lipinski definition) is 5. The minimum absolute atomic E-state index is 0.0406. The van der Waals surface area contributed by atoms with E-state index in [2.05, 4.69) is 5.32 Å². The van der Waals surface area contributed by atoms with Crippen LogP contribution < -0.4 is 22.5 Å². The lowest BCUT2D eigenvalue weighted by atomic mass is 10.0. The van der Waals surface area contributed by atoms with Crippen LogP contribution in [0.1, 0.15) is 11.1 Å². The molecule has 0 fully saturated rings. The smallest absolute Gasteiger partial charge is 0.0472 e. The van der Waals surface area contributed by atoms with Gasteiger partial charge in [-0.3, -0.25) is 0 Å². The quantitative estimate of drug-likeness (QED) is 0.531. The fourth-order valence-electron chi connectivity index (χ4n) is 2.18. The van der Waals surface area contributed by atoms with Crippen molar-refractivity contribution in [2.45, 2.75) is 13.0 Å². The van der Waals surface area contributed by atoms with E-state index >= 15 is 0 Å². The minimum Gasteiger partial charge on any atom is -0.399 e. The molecule has 0 aliphatic heterocycles. The van der Waals surface area contributed by atoms with Crippen LogP contribution in [0.4, 0.5) is 22.7 Å². The number of hydrogen-bond acceptors (Lipinski definition) is 5. The number of anilines is 4. The van der Waals surface area contributed by atoms with E-state index in [1.54, 1.807) is 12.1 Å². The second-order valence-electron chi connectivity index (χ2n) is 4.65. The van der Waals surface area contributed by atoms with Gasteiger partial charge in [-0.15, -0.1) is 0 Å². The van der Waals surface area contributed by atoms with Crippen LogP contribution in [0.25, 0.3) is 0 Å².